The lowest BCUT2D eigenvalue weighted by molar-refractivity contribution is -0.161. The van der Waals surface area contributed by atoms with Crippen LogP contribution in [0.2, 0.25) is 0 Å². The summed E-state index contributed by atoms with van der Waals surface area (Å²) >= 11 is 0. The van der Waals surface area contributed by atoms with Crippen LogP contribution >= 0.6 is 15.6 Å². The summed E-state index contributed by atoms with van der Waals surface area (Å²) in [6, 6.07) is 0. The summed E-state index contributed by atoms with van der Waals surface area (Å²) in [6.07, 6.45) is 63.9. The van der Waals surface area contributed by atoms with Gasteiger partial charge in [0.25, 0.3) is 0 Å². The molecule has 3 unspecified atom stereocenters. The summed E-state index contributed by atoms with van der Waals surface area (Å²) in [7, 11) is -9.93. The Kier molecular flexibility index (Phi) is 73.4. The fraction of sp³-hybridized carbons (Fsp3) is 0.953. The van der Waals surface area contributed by atoms with Crippen LogP contribution in [0.15, 0.2) is 0 Å². The first kappa shape index (κ1) is 103. The van der Waals surface area contributed by atoms with Crippen molar-refractivity contribution in [3.8, 4) is 0 Å². The van der Waals surface area contributed by atoms with E-state index in [0.717, 1.165) is 120 Å². The molecule has 0 aliphatic heterocycles. The van der Waals surface area contributed by atoms with Crippen LogP contribution in [0.4, 0.5) is 0 Å². The molecule has 0 aromatic heterocycles. The number of carbonyl (C=O) groups is 4. The molecule has 105 heavy (non-hydrogen) atoms. The third-order valence-electron chi connectivity index (χ3n) is 20.4. The zero-order valence-electron chi connectivity index (χ0n) is 69.4. The molecule has 17 nitrogen and oxygen atoms in total. The first-order chi connectivity index (χ1) is 50.6. The molecule has 624 valence electrons. The van der Waals surface area contributed by atoms with Crippen molar-refractivity contribution in [3.05, 3.63) is 0 Å². The van der Waals surface area contributed by atoms with Crippen molar-refractivity contribution in [2.75, 3.05) is 39.6 Å². The standard InChI is InChI=1S/C86H168O17P2/c1-9-79(8)65-57-49-44-45-51-59-67-84(89)97-73-82(103-86(91)68-60-52-42-36-30-23-19-13-11-10-12-16-20-26-32-38-46-54-62-76(2)3)75-101-105(94,95)99-71-80(87)70-98-104(92,93)100-74-81(102-85(90)69-61-53-43-37-31-25-24-28-34-40-48-56-64-78(6)7)72-96-83(88)66-58-50-41-35-29-22-18-15-14-17-21-27-33-39-47-55-63-77(4)5/h76-82,87H,9-75H2,1-8H3,(H,92,93)(H,94,95)/t79?,80-,81-,82-/m1/s1. The molecule has 0 rings (SSSR count). The summed E-state index contributed by atoms with van der Waals surface area (Å²) in [4.78, 5) is 73.2. The van der Waals surface area contributed by atoms with Gasteiger partial charge < -0.3 is 33.8 Å². The van der Waals surface area contributed by atoms with Crippen LogP contribution in [0.25, 0.3) is 0 Å². The Labute approximate surface area is 645 Å². The molecule has 0 heterocycles. The number of hydrogen-bond acceptors (Lipinski definition) is 15. The van der Waals surface area contributed by atoms with Crippen LogP contribution in [0.5, 0.6) is 0 Å². The summed E-state index contributed by atoms with van der Waals surface area (Å²) < 4.78 is 68.9. The summed E-state index contributed by atoms with van der Waals surface area (Å²) in [5, 5.41) is 10.7. The molecule has 0 amide bonds. The molecule has 0 bridgehead atoms. The van der Waals surface area contributed by atoms with Crippen molar-refractivity contribution in [2.24, 2.45) is 23.7 Å². The Balaban J connectivity index is 5.20. The number of aliphatic hydroxyl groups is 1. The van der Waals surface area contributed by atoms with Crippen molar-refractivity contribution in [3.63, 3.8) is 0 Å². The van der Waals surface area contributed by atoms with Crippen LogP contribution < -0.4 is 0 Å². The van der Waals surface area contributed by atoms with E-state index < -0.39 is 97.5 Å². The minimum atomic E-state index is -4.97. The minimum absolute atomic E-state index is 0.107. The summed E-state index contributed by atoms with van der Waals surface area (Å²) in [5.74, 6) is 1.03. The number of ether oxygens (including phenoxy) is 4. The lowest BCUT2D eigenvalue weighted by Crippen LogP contribution is -2.30. The maximum atomic E-state index is 13.1. The molecule has 0 fully saturated rings. The lowest BCUT2D eigenvalue weighted by atomic mass is 10.00. The van der Waals surface area contributed by atoms with E-state index in [0.29, 0.717) is 25.7 Å². The van der Waals surface area contributed by atoms with Gasteiger partial charge in [-0.3, -0.25) is 37.3 Å². The highest BCUT2D eigenvalue weighted by atomic mass is 31.2. The fourth-order valence-corrected chi connectivity index (χ4v) is 14.9. The molecule has 3 N–H and O–H groups in total. The van der Waals surface area contributed by atoms with Crippen LogP contribution in [-0.4, -0.2) is 96.7 Å². The van der Waals surface area contributed by atoms with E-state index in [1.54, 1.807) is 0 Å². The van der Waals surface area contributed by atoms with Crippen molar-refractivity contribution >= 4 is 39.5 Å². The number of esters is 4. The number of phosphoric ester groups is 2. The molecule has 0 aromatic carbocycles. The number of aliphatic hydroxyl groups excluding tert-OH is 1. The highest BCUT2D eigenvalue weighted by Crippen LogP contribution is 2.45. The molecular formula is C86H168O17P2. The van der Waals surface area contributed by atoms with Gasteiger partial charge in [0.05, 0.1) is 26.4 Å². The van der Waals surface area contributed by atoms with Gasteiger partial charge in [0, 0.05) is 25.7 Å². The molecule has 0 radical (unpaired) electrons. The third kappa shape index (κ3) is 78.5. The van der Waals surface area contributed by atoms with Gasteiger partial charge in [-0.25, -0.2) is 9.13 Å². The molecular weight excluding hydrogens is 1370 g/mol. The summed E-state index contributed by atoms with van der Waals surface area (Å²) in [5.41, 5.74) is 0. The monoisotopic (exact) mass is 1540 g/mol. The number of phosphoric acid groups is 2. The predicted molar refractivity (Wildman–Crippen MR) is 432 cm³/mol. The third-order valence-corrected chi connectivity index (χ3v) is 22.3. The molecule has 0 saturated heterocycles. The Morgan fingerprint density at radius 2 is 0.457 bits per heavy atom. The van der Waals surface area contributed by atoms with Crippen molar-refractivity contribution in [2.45, 2.75) is 465 Å². The van der Waals surface area contributed by atoms with Gasteiger partial charge in [0.1, 0.15) is 19.3 Å². The Morgan fingerprint density at radius 1 is 0.267 bits per heavy atom. The number of hydrogen-bond donors (Lipinski definition) is 3. The summed E-state index contributed by atoms with van der Waals surface area (Å²) in [6.45, 7) is 14.3. The first-order valence-corrected chi connectivity index (χ1v) is 47.2. The highest BCUT2D eigenvalue weighted by Gasteiger charge is 2.31. The smallest absolute Gasteiger partial charge is 0.462 e. The fourth-order valence-electron chi connectivity index (χ4n) is 13.3. The molecule has 0 aliphatic carbocycles. The van der Waals surface area contributed by atoms with E-state index in [2.05, 4.69) is 55.4 Å². The van der Waals surface area contributed by atoms with Gasteiger partial charge in [0.2, 0.25) is 0 Å². The highest BCUT2D eigenvalue weighted by molar-refractivity contribution is 7.47. The predicted octanol–water partition coefficient (Wildman–Crippen LogP) is 25.9. The second-order valence-corrected chi connectivity index (χ2v) is 35.5. The van der Waals surface area contributed by atoms with Crippen LogP contribution in [-0.2, 0) is 65.4 Å². The minimum Gasteiger partial charge on any atom is -0.462 e. The van der Waals surface area contributed by atoms with E-state index >= 15 is 0 Å². The Hall–Kier alpha value is -1.94. The maximum absolute atomic E-state index is 13.1. The molecule has 6 atom stereocenters. The SMILES string of the molecule is CCC(C)CCCCCCCCC(=O)OC[C@H](COP(=O)(O)OC[C@H](O)COP(=O)(O)OC[C@@H](COC(=O)CCCCCCCCCCCCCCCCCCC(C)C)OC(=O)CCCCCCCCCCCCCCC(C)C)OC(=O)CCCCCCCCCCCCCCCCCCCCC(C)C. The van der Waals surface area contributed by atoms with Gasteiger partial charge in [-0.2, -0.15) is 0 Å². The van der Waals surface area contributed by atoms with Gasteiger partial charge in [-0.1, -0.05) is 396 Å². The van der Waals surface area contributed by atoms with E-state index in [9.17, 15) is 43.2 Å². The van der Waals surface area contributed by atoms with Gasteiger partial charge >= 0.3 is 39.5 Å². The number of carbonyl (C=O) groups excluding carboxylic acids is 4. The second kappa shape index (κ2) is 74.8. The zero-order valence-corrected chi connectivity index (χ0v) is 71.2. The van der Waals surface area contributed by atoms with Crippen LogP contribution in [0.3, 0.4) is 0 Å². The molecule has 0 aliphatic rings. The van der Waals surface area contributed by atoms with Gasteiger partial charge in [-0.05, 0) is 49.4 Å². The van der Waals surface area contributed by atoms with Crippen molar-refractivity contribution in [1.82, 2.24) is 0 Å². The van der Waals surface area contributed by atoms with Gasteiger partial charge in [-0.15, -0.1) is 0 Å². The Morgan fingerprint density at radius 3 is 0.676 bits per heavy atom. The molecule has 0 saturated carbocycles. The van der Waals surface area contributed by atoms with E-state index in [-0.39, 0.29) is 25.7 Å². The van der Waals surface area contributed by atoms with Crippen molar-refractivity contribution in [1.29, 1.82) is 0 Å². The zero-order chi connectivity index (χ0) is 77.4. The molecule has 0 aromatic rings. The average Bonchev–Trinajstić information content (AvgIpc) is 0.911. The molecule has 0 spiro atoms. The van der Waals surface area contributed by atoms with Crippen molar-refractivity contribution < 1.29 is 80.2 Å². The second-order valence-electron chi connectivity index (χ2n) is 32.6. The molecule has 19 heteroatoms. The van der Waals surface area contributed by atoms with Crippen LogP contribution in [0.1, 0.15) is 447 Å². The van der Waals surface area contributed by atoms with E-state index in [1.165, 1.54) is 244 Å². The van der Waals surface area contributed by atoms with Gasteiger partial charge in [0.15, 0.2) is 12.2 Å². The normalized spacial score (nSPS) is 14.2. The number of rotatable bonds is 83. The maximum Gasteiger partial charge on any atom is 0.472 e. The van der Waals surface area contributed by atoms with E-state index in [4.69, 9.17) is 37.0 Å². The largest absolute Gasteiger partial charge is 0.472 e. The van der Waals surface area contributed by atoms with E-state index in [1.807, 2.05) is 0 Å². The Bertz CT molecular complexity index is 2040. The first-order valence-electron chi connectivity index (χ1n) is 44.2. The van der Waals surface area contributed by atoms with Crippen LogP contribution in [0, 0.1) is 23.7 Å². The quantitative estimate of drug-likeness (QED) is 0.0222. The lowest BCUT2D eigenvalue weighted by Gasteiger charge is -2.21. The average molecular weight is 1540 g/mol. The number of unbranched alkanes of at least 4 members (excludes halogenated alkanes) is 48. The topological polar surface area (TPSA) is 237 Å².